The number of anilines is 1. The molecule has 2 N–H and O–H groups in total. The Bertz CT molecular complexity index is 1030. The van der Waals surface area contributed by atoms with Crippen LogP contribution in [0.5, 0.6) is 11.5 Å². The van der Waals surface area contributed by atoms with E-state index in [2.05, 4.69) is 17.2 Å². The van der Waals surface area contributed by atoms with Gasteiger partial charge in [0.2, 0.25) is 0 Å². The first-order valence-electron chi connectivity index (χ1n) is 9.25. The van der Waals surface area contributed by atoms with Gasteiger partial charge in [0.25, 0.3) is 5.91 Å². The molecule has 0 spiro atoms. The van der Waals surface area contributed by atoms with Crippen molar-refractivity contribution in [3.05, 3.63) is 65.2 Å². The van der Waals surface area contributed by atoms with Gasteiger partial charge in [-0.25, -0.2) is 0 Å². The van der Waals surface area contributed by atoms with E-state index in [0.717, 1.165) is 16.8 Å². The van der Waals surface area contributed by atoms with Crippen molar-refractivity contribution in [1.29, 1.82) is 0 Å². The Morgan fingerprint density at radius 1 is 1.30 bits per heavy atom. The molecular weight excluding hydrogens is 424 g/mol. The number of benzene rings is 2. The van der Waals surface area contributed by atoms with Crippen molar-refractivity contribution in [1.82, 2.24) is 10.3 Å². The molecule has 0 fully saturated rings. The highest BCUT2D eigenvalue weighted by molar-refractivity contribution is 8.14. The first-order chi connectivity index (χ1) is 14.6. The van der Waals surface area contributed by atoms with E-state index >= 15 is 0 Å². The van der Waals surface area contributed by atoms with Crippen molar-refractivity contribution in [3.8, 4) is 11.5 Å². The Hall–Kier alpha value is -2.84. The van der Waals surface area contributed by atoms with Crippen LogP contribution in [-0.4, -0.2) is 36.1 Å². The third-order valence-electron chi connectivity index (χ3n) is 4.87. The number of hydrogen-bond donors (Lipinski definition) is 2. The highest BCUT2D eigenvalue weighted by atomic mass is 35.5. The molecule has 0 bridgehead atoms. The molecule has 0 saturated carbocycles. The summed E-state index contributed by atoms with van der Waals surface area (Å²) in [5, 5.41) is 13.8. The average Bonchev–Trinajstić information content (AvgIpc) is 2.76. The molecule has 0 aromatic heterocycles. The SMILES string of the molecule is C=CCSC1=NN2[C@@H](c3cc(Cl)c(OC)c(OC)c3)Nc3ccccc3[C@@H]2C(=O)N1. The van der Waals surface area contributed by atoms with Crippen LogP contribution in [0.4, 0.5) is 5.69 Å². The van der Waals surface area contributed by atoms with Gasteiger partial charge in [0, 0.05) is 22.6 Å². The number of hydrazone groups is 1. The van der Waals surface area contributed by atoms with E-state index in [9.17, 15) is 4.79 Å². The predicted octanol–water partition coefficient (Wildman–Crippen LogP) is 4.14. The van der Waals surface area contributed by atoms with Crippen LogP contribution in [0.1, 0.15) is 23.3 Å². The minimum absolute atomic E-state index is 0.137. The number of hydrogen-bond acceptors (Lipinski definition) is 7. The summed E-state index contributed by atoms with van der Waals surface area (Å²) >= 11 is 7.86. The molecule has 2 aromatic carbocycles. The van der Waals surface area contributed by atoms with Crippen LogP contribution in [0.25, 0.3) is 0 Å². The van der Waals surface area contributed by atoms with Crippen LogP contribution in [-0.2, 0) is 4.79 Å². The van der Waals surface area contributed by atoms with E-state index in [4.69, 9.17) is 26.2 Å². The summed E-state index contributed by atoms with van der Waals surface area (Å²) in [4.78, 5) is 13.1. The van der Waals surface area contributed by atoms with Crippen LogP contribution in [0, 0.1) is 0 Å². The van der Waals surface area contributed by atoms with Crippen molar-refractivity contribution in [2.24, 2.45) is 5.10 Å². The Kier molecular flexibility index (Phi) is 5.78. The summed E-state index contributed by atoms with van der Waals surface area (Å²) in [6.45, 7) is 3.73. The van der Waals surface area contributed by atoms with Gasteiger partial charge in [0.1, 0.15) is 6.17 Å². The van der Waals surface area contributed by atoms with E-state index in [-0.39, 0.29) is 5.91 Å². The highest BCUT2D eigenvalue weighted by Gasteiger charge is 2.42. The number of rotatable bonds is 5. The number of para-hydroxylation sites is 1. The molecule has 2 aliphatic rings. The lowest BCUT2D eigenvalue weighted by Crippen LogP contribution is -2.50. The number of methoxy groups -OCH3 is 2. The molecule has 30 heavy (non-hydrogen) atoms. The number of carbonyl (C=O) groups is 1. The predicted molar refractivity (Wildman–Crippen MR) is 120 cm³/mol. The van der Waals surface area contributed by atoms with Gasteiger partial charge in [-0.1, -0.05) is 47.6 Å². The van der Waals surface area contributed by atoms with Crippen LogP contribution < -0.4 is 20.1 Å². The van der Waals surface area contributed by atoms with Crippen LogP contribution >= 0.6 is 23.4 Å². The normalized spacial score (nSPS) is 19.6. The van der Waals surface area contributed by atoms with E-state index in [0.29, 0.717) is 27.4 Å². The maximum atomic E-state index is 13.1. The van der Waals surface area contributed by atoms with E-state index in [1.165, 1.54) is 18.9 Å². The molecule has 2 heterocycles. The second kappa shape index (κ2) is 8.49. The zero-order valence-corrected chi connectivity index (χ0v) is 18.1. The number of nitrogens with zero attached hydrogens (tertiary/aromatic N) is 2. The topological polar surface area (TPSA) is 75.2 Å². The zero-order chi connectivity index (χ0) is 21.3. The van der Waals surface area contributed by atoms with Crippen molar-refractivity contribution >= 4 is 40.1 Å². The Labute approximate surface area is 184 Å². The number of ether oxygens (including phenoxy) is 2. The lowest BCUT2D eigenvalue weighted by Gasteiger charge is -2.43. The molecule has 2 aromatic rings. The van der Waals surface area contributed by atoms with Crippen LogP contribution in [0.15, 0.2) is 54.2 Å². The summed E-state index contributed by atoms with van der Waals surface area (Å²) in [6.07, 6.45) is 1.33. The number of fused-ring (bicyclic) bond motifs is 3. The summed E-state index contributed by atoms with van der Waals surface area (Å²) in [7, 11) is 3.10. The van der Waals surface area contributed by atoms with Gasteiger partial charge in [0.15, 0.2) is 22.7 Å². The third kappa shape index (κ3) is 3.57. The quantitative estimate of drug-likeness (QED) is 0.675. The van der Waals surface area contributed by atoms with Crippen molar-refractivity contribution in [2.75, 3.05) is 25.3 Å². The van der Waals surface area contributed by atoms with Crippen LogP contribution in [0.2, 0.25) is 5.02 Å². The molecule has 0 radical (unpaired) electrons. The lowest BCUT2D eigenvalue weighted by atomic mass is 9.97. The minimum atomic E-state index is -0.576. The number of nitrogens with one attached hydrogen (secondary N) is 2. The summed E-state index contributed by atoms with van der Waals surface area (Å²) in [5.74, 6) is 1.46. The molecule has 0 aliphatic carbocycles. The van der Waals surface area contributed by atoms with Crippen LogP contribution in [0.3, 0.4) is 0 Å². The molecule has 2 aliphatic heterocycles. The molecule has 1 amide bonds. The molecule has 156 valence electrons. The number of thioether (sulfide) groups is 1. The summed E-state index contributed by atoms with van der Waals surface area (Å²) in [5.41, 5.74) is 2.51. The number of amides is 1. The number of halogens is 1. The van der Waals surface area contributed by atoms with Gasteiger partial charge in [-0.15, -0.1) is 11.7 Å². The lowest BCUT2D eigenvalue weighted by molar-refractivity contribution is -0.127. The largest absolute Gasteiger partial charge is 0.493 e. The summed E-state index contributed by atoms with van der Waals surface area (Å²) < 4.78 is 10.8. The Balaban J connectivity index is 1.84. The Morgan fingerprint density at radius 3 is 2.83 bits per heavy atom. The van der Waals surface area contributed by atoms with E-state index in [1.807, 2.05) is 30.3 Å². The van der Waals surface area contributed by atoms with Gasteiger partial charge in [-0.2, -0.15) is 0 Å². The minimum Gasteiger partial charge on any atom is -0.493 e. The van der Waals surface area contributed by atoms with Crippen molar-refractivity contribution in [3.63, 3.8) is 0 Å². The monoisotopic (exact) mass is 444 g/mol. The molecule has 7 nitrogen and oxygen atoms in total. The Morgan fingerprint density at radius 2 is 2.10 bits per heavy atom. The molecule has 0 unspecified atom stereocenters. The van der Waals surface area contributed by atoms with Gasteiger partial charge in [-0.05, 0) is 18.2 Å². The fourth-order valence-electron chi connectivity index (χ4n) is 3.59. The van der Waals surface area contributed by atoms with Crippen molar-refractivity contribution in [2.45, 2.75) is 12.2 Å². The standard InChI is InChI=1S/C21H21ClN4O3S/c1-4-9-30-21-24-20(27)17-13-7-5-6-8-15(13)23-19(26(17)25-21)12-10-14(22)18(29-3)16(11-12)28-2/h4-8,10-11,17,19,23H,1,9H2,2-3H3,(H,24,25,27)/t17-,19+/m1/s1. The zero-order valence-electron chi connectivity index (χ0n) is 16.5. The van der Waals surface area contributed by atoms with Crippen molar-refractivity contribution < 1.29 is 14.3 Å². The fraction of sp³-hybridized carbons (Fsp3) is 0.238. The average molecular weight is 445 g/mol. The third-order valence-corrected chi connectivity index (χ3v) is 6.01. The van der Waals surface area contributed by atoms with Gasteiger partial charge < -0.3 is 20.1 Å². The number of carbonyl (C=O) groups excluding carboxylic acids is 1. The molecule has 4 rings (SSSR count). The number of amidine groups is 1. The maximum Gasteiger partial charge on any atom is 0.255 e. The first kappa shape index (κ1) is 20.4. The smallest absolute Gasteiger partial charge is 0.255 e. The molecule has 9 heteroatoms. The van der Waals surface area contributed by atoms with E-state index < -0.39 is 12.2 Å². The first-order valence-corrected chi connectivity index (χ1v) is 10.6. The van der Waals surface area contributed by atoms with Gasteiger partial charge >= 0.3 is 0 Å². The fourth-order valence-corrected chi connectivity index (χ4v) is 4.48. The maximum absolute atomic E-state index is 13.1. The van der Waals surface area contributed by atoms with Gasteiger partial charge in [0.05, 0.1) is 19.2 Å². The summed E-state index contributed by atoms with van der Waals surface area (Å²) in [6, 6.07) is 10.8. The highest BCUT2D eigenvalue weighted by Crippen LogP contribution is 2.45. The molecule has 0 saturated heterocycles. The molecule has 2 atom stereocenters. The molecular formula is C21H21ClN4O3S. The second-order valence-corrected chi connectivity index (χ2v) is 8.06. The van der Waals surface area contributed by atoms with Gasteiger partial charge in [-0.3, -0.25) is 9.80 Å². The second-order valence-electron chi connectivity index (χ2n) is 6.65. The van der Waals surface area contributed by atoms with E-state index in [1.54, 1.807) is 24.3 Å².